The quantitative estimate of drug-likeness (QED) is 0.351. The van der Waals surface area contributed by atoms with Crippen LogP contribution in [0.15, 0.2) is 48.5 Å². The number of amides is 1. The van der Waals surface area contributed by atoms with Gasteiger partial charge in [0.25, 0.3) is 11.6 Å². The van der Waals surface area contributed by atoms with Crippen LogP contribution in [0.5, 0.6) is 0 Å². The molecule has 0 radical (unpaired) electrons. The van der Waals surface area contributed by atoms with Gasteiger partial charge in [-0.15, -0.1) is 0 Å². The highest BCUT2D eigenvalue weighted by molar-refractivity contribution is 6.33. The van der Waals surface area contributed by atoms with Crippen LogP contribution in [0.4, 0.5) is 5.69 Å². The lowest BCUT2D eigenvalue weighted by Gasteiger charge is -2.25. The molecule has 10 heteroatoms. The summed E-state index contributed by atoms with van der Waals surface area (Å²) in [6.07, 6.45) is -0.356. The first-order valence-corrected chi connectivity index (χ1v) is 9.30. The molecule has 0 aliphatic carbocycles. The van der Waals surface area contributed by atoms with Crippen molar-refractivity contribution in [2.45, 2.75) is 25.3 Å². The van der Waals surface area contributed by atoms with E-state index in [0.717, 1.165) is 0 Å². The maximum Gasteiger partial charge on any atom is 0.326 e. The van der Waals surface area contributed by atoms with Gasteiger partial charge in [-0.25, -0.2) is 4.79 Å². The van der Waals surface area contributed by atoms with Gasteiger partial charge in [-0.2, -0.15) is 0 Å². The monoisotopic (exact) mass is 434 g/mol. The lowest BCUT2D eigenvalue weighted by atomic mass is 9.88. The van der Waals surface area contributed by atoms with Crippen molar-refractivity contribution in [2.24, 2.45) is 0 Å². The van der Waals surface area contributed by atoms with Crippen molar-refractivity contribution in [3.8, 4) is 0 Å². The van der Waals surface area contributed by atoms with E-state index in [4.69, 9.17) is 16.3 Å². The van der Waals surface area contributed by atoms with Gasteiger partial charge in [0.05, 0.1) is 28.5 Å². The molecule has 0 aromatic heterocycles. The number of benzene rings is 2. The number of carboxylic acid groups (broad SMARTS) is 1. The zero-order valence-corrected chi connectivity index (χ0v) is 16.7. The third kappa shape index (κ3) is 5.77. The minimum absolute atomic E-state index is 0.0731. The number of nitro groups is 1. The summed E-state index contributed by atoms with van der Waals surface area (Å²) >= 11 is 6.01. The first kappa shape index (κ1) is 22.8. The molecule has 9 nitrogen and oxygen atoms in total. The third-order valence-corrected chi connectivity index (χ3v) is 4.63. The van der Waals surface area contributed by atoms with E-state index in [1.165, 1.54) is 36.4 Å². The number of carbonyl (C=O) groups excluding carboxylic acids is 2. The van der Waals surface area contributed by atoms with Crippen molar-refractivity contribution in [2.75, 3.05) is 6.61 Å². The number of hydrogen-bond acceptors (Lipinski definition) is 6. The van der Waals surface area contributed by atoms with Crippen LogP contribution in [0.3, 0.4) is 0 Å². The summed E-state index contributed by atoms with van der Waals surface area (Å²) in [7, 11) is 0. The van der Waals surface area contributed by atoms with Gasteiger partial charge in [0.2, 0.25) is 0 Å². The Labute approximate surface area is 176 Å². The Morgan fingerprint density at radius 2 is 1.80 bits per heavy atom. The van der Waals surface area contributed by atoms with Gasteiger partial charge < -0.3 is 15.2 Å². The number of nitrogens with zero attached hydrogens (tertiary/aromatic N) is 1. The maximum absolute atomic E-state index is 12.6. The number of non-ortho nitro benzene ring substituents is 1. The molecule has 0 saturated carbocycles. The molecule has 2 aromatic rings. The zero-order valence-electron chi connectivity index (χ0n) is 15.9. The average Bonchev–Trinajstić information content (AvgIpc) is 2.70. The molecule has 2 N–H and O–H groups in total. The Kier molecular flexibility index (Phi) is 7.88. The van der Waals surface area contributed by atoms with Gasteiger partial charge in [0.15, 0.2) is 0 Å². The molecule has 0 fully saturated rings. The summed E-state index contributed by atoms with van der Waals surface area (Å²) in [5.41, 5.74) is 0.199. The number of aliphatic carboxylic acids is 1. The van der Waals surface area contributed by atoms with E-state index in [9.17, 15) is 29.6 Å². The molecule has 0 aliphatic rings. The predicted octanol–water partition coefficient (Wildman–Crippen LogP) is 3.17. The maximum atomic E-state index is 12.6. The highest BCUT2D eigenvalue weighted by Crippen LogP contribution is 2.27. The second-order valence-corrected chi connectivity index (χ2v) is 6.64. The molecular formula is C20H19ClN2O7. The molecule has 0 saturated heterocycles. The van der Waals surface area contributed by atoms with E-state index in [-0.39, 0.29) is 29.3 Å². The van der Waals surface area contributed by atoms with Crippen LogP contribution < -0.4 is 5.32 Å². The zero-order chi connectivity index (χ0) is 22.3. The second kappa shape index (κ2) is 10.4. The summed E-state index contributed by atoms with van der Waals surface area (Å²) in [4.78, 5) is 47.0. The smallest absolute Gasteiger partial charge is 0.326 e. The van der Waals surface area contributed by atoms with Crippen molar-refractivity contribution in [1.82, 2.24) is 5.32 Å². The summed E-state index contributed by atoms with van der Waals surface area (Å²) < 4.78 is 4.92. The van der Waals surface area contributed by atoms with Gasteiger partial charge in [-0.3, -0.25) is 19.7 Å². The van der Waals surface area contributed by atoms with Gasteiger partial charge in [-0.1, -0.05) is 35.9 Å². The fourth-order valence-electron chi connectivity index (χ4n) is 2.87. The van der Waals surface area contributed by atoms with Crippen molar-refractivity contribution >= 4 is 35.1 Å². The van der Waals surface area contributed by atoms with Crippen LogP contribution >= 0.6 is 11.6 Å². The van der Waals surface area contributed by atoms with Gasteiger partial charge >= 0.3 is 11.9 Å². The summed E-state index contributed by atoms with van der Waals surface area (Å²) in [5.74, 6) is -3.82. The number of halogens is 1. The Hall–Kier alpha value is -3.46. The molecule has 2 atom stereocenters. The van der Waals surface area contributed by atoms with Crippen molar-refractivity contribution in [3.05, 3.63) is 74.8 Å². The summed E-state index contributed by atoms with van der Waals surface area (Å²) in [5, 5.41) is 23.2. The molecule has 0 bridgehead atoms. The highest BCUT2D eigenvalue weighted by atomic mass is 35.5. The molecule has 0 aliphatic heterocycles. The highest BCUT2D eigenvalue weighted by Gasteiger charge is 2.34. The van der Waals surface area contributed by atoms with Crippen LogP contribution in [0.1, 0.15) is 35.2 Å². The Morgan fingerprint density at radius 3 is 2.33 bits per heavy atom. The SMILES string of the molecule is CCOC(=O)C[C@@H](c1ccc([N+](=O)[O-])cc1)[C@H](NC(=O)c1ccccc1Cl)C(=O)O. The minimum Gasteiger partial charge on any atom is -0.480 e. The van der Waals surface area contributed by atoms with Gasteiger partial charge in [0, 0.05) is 18.1 Å². The molecule has 2 rings (SSSR count). The number of ether oxygens (including phenoxy) is 1. The Morgan fingerprint density at radius 1 is 1.17 bits per heavy atom. The van der Waals surface area contributed by atoms with Crippen LogP contribution in [-0.4, -0.2) is 40.5 Å². The Bertz CT molecular complexity index is 946. The fourth-order valence-corrected chi connectivity index (χ4v) is 3.09. The van der Waals surface area contributed by atoms with E-state index < -0.39 is 34.7 Å². The number of nitro benzene ring substituents is 1. The first-order valence-electron chi connectivity index (χ1n) is 8.92. The summed E-state index contributed by atoms with van der Waals surface area (Å²) in [6.45, 7) is 1.70. The second-order valence-electron chi connectivity index (χ2n) is 6.23. The molecular weight excluding hydrogens is 416 g/mol. The number of nitrogens with one attached hydrogen (secondary N) is 1. The van der Waals surface area contributed by atoms with Crippen LogP contribution in [-0.2, 0) is 14.3 Å². The molecule has 1 amide bonds. The predicted molar refractivity (Wildman–Crippen MR) is 107 cm³/mol. The number of rotatable bonds is 9. The molecule has 158 valence electrons. The van der Waals surface area contributed by atoms with Crippen LogP contribution in [0, 0.1) is 10.1 Å². The molecule has 2 aromatic carbocycles. The molecule has 0 unspecified atom stereocenters. The normalized spacial score (nSPS) is 12.5. The van der Waals surface area contributed by atoms with Crippen molar-refractivity contribution in [1.29, 1.82) is 0 Å². The molecule has 0 heterocycles. The standard InChI is InChI=1S/C20H19ClN2O7/c1-2-30-17(24)11-15(12-7-9-13(10-8-12)23(28)29)18(20(26)27)22-19(25)14-5-3-4-6-16(14)21/h3-10,15,18H,2,11H2,1H3,(H,22,25)(H,26,27)/t15-,18-/m0/s1. The van der Waals surface area contributed by atoms with Gasteiger partial charge in [-0.05, 0) is 24.6 Å². The van der Waals surface area contributed by atoms with Crippen LogP contribution in [0.25, 0.3) is 0 Å². The molecule has 0 spiro atoms. The fraction of sp³-hybridized carbons (Fsp3) is 0.250. The van der Waals surface area contributed by atoms with E-state index in [0.29, 0.717) is 5.56 Å². The van der Waals surface area contributed by atoms with Crippen LogP contribution in [0.2, 0.25) is 5.02 Å². The number of esters is 1. The number of carbonyl (C=O) groups is 3. The van der Waals surface area contributed by atoms with Crippen molar-refractivity contribution < 1.29 is 29.2 Å². The van der Waals surface area contributed by atoms with E-state index in [1.54, 1.807) is 19.1 Å². The summed E-state index contributed by atoms with van der Waals surface area (Å²) in [6, 6.07) is 9.68. The lowest BCUT2D eigenvalue weighted by Crippen LogP contribution is -2.45. The average molecular weight is 435 g/mol. The number of carboxylic acids is 1. The lowest BCUT2D eigenvalue weighted by molar-refractivity contribution is -0.384. The third-order valence-electron chi connectivity index (χ3n) is 4.30. The first-order chi connectivity index (χ1) is 14.2. The Balaban J connectivity index is 2.39. The van der Waals surface area contributed by atoms with Gasteiger partial charge in [0.1, 0.15) is 6.04 Å². The van der Waals surface area contributed by atoms with E-state index in [2.05, 4.69) is 5.32 Å². The topological polar surface area (TPSA) is 136 Å². The molecule has 30 heavy (non-hydrogen) atoms. The number of hydrogen-bond donors (Lipinski definition) is 2. The van der Waals surface area contributed by atoms with E-state index in [1.807, 2.05) is 0 Å². The van der Waals surface area contributed by atoms with E-state index >= 15 is 0 Å². The minimum atomic E-state index is -1.51. The largest absolute Gasteiger partial charge is 0.480 e. The van der Waals surface area contributed by atoms with Crippen molar-refractivity contribution in [3.63, 3.8) is 0 Å².